The average molecular weight is 343 g/mol. The van der Waals surface area contributed by atoms with E-state index in [2.05, 4.69) is 83.5 Å². The maximum Gasteiger partial charge on any atom is 0.00313 e. The molecule has 110 valence electrons. The van der Waals surface area contributed by atoms with Crippen LogP contribution in [0.25, 0.3) is 21.5 Å². The van der Waals surface area contributed by atoms with Gasteiger partial charge in [0, 0.05) is 5.33 Å². The monoisotopic (exact) mass is 342 g/mol. The highest BCUT2D eigenvalue weighted by Gasteiger charge is 1.97. The summed E-state index contributed by atoms with van der Waals surface area (Å²) >= 11 is 3.38. The highest BCUT2D eigenvalue weighted by atomic mass is 79.9. The number of hydrogen-bond acceptors (Lipinski definition) is 0. The Hall–Kier alpha value is -1.34. The number of alkyl halides is 1. The maximum atomic E-state index is 3.38. The highest BCUT2D eigenvalue weighted by molar-refractivity contribution is 9.09. The molecule has 0 N–H and O–H groups in total. The van der Waals surface area contributed by atoms with Gasteiger partial charge in [0.05, 0.1) is 0 Å². The normalized spacial score (nSPS) is 10.4. The van der Waals surface area contributed by atoms with E-state index in [4.69, 9.17) is 0 Å². The molecule has 1 heteroatoms. The Balaban J connectivity index is 0.000000199. The smallest absolute Gasteiger partial charge is 0.00313 e. The predicted molar refractivity (Wildman–Crippen MR) is 99.4 cm³/mol. The molecule has 21 heavy (non-hydrogen) atoms. The number of rotatable bonds is 4. The first-order valence-electron chi connectivity index (χ1n) is 7.79. The molecule has 3 rings (SSSR count). The molecule has 0 fully saturated rings. The summed E-state index contributed by atoms with van der Waals surface area (Å²) in [7, 11) is 0. The highest BCUT2D eigenvalue weighted by Crippen LogP contribution is 2.24. The molecule has 0 aliphatic carbocycles. The third-order valence-corrected chi connectivity index (χ3v) is 4.20. The Bertz CT molecular complexity index is 614. The van der Waals surface area contributed by atoms with Gasteiger partial charge in [0.15, 0.2) is 0 Å². The molecule has 0 atom stereocenters. The first kappa shape index (κ1) is 16.0. The van der Waals surface area contributed by atoms with Crippen molar-refractivity contribution in [2.24, 2.45) is 0 Å². The minimum Gasteiger partial charge on any atom is -0.0928 e. The molecule has 3 aromatic rings. The van der Waals surface area contributed by atoms with Gasteiger partial charge in [0.2, 0.25) is 0 Å². The van der Waals surface area contributed by atoms with Crippen molar-refractivity contribution in [2.45, 2.75) is 32.6 Å². The summed E-state index contributed by atoms with van der Waals surface area (Å²) in [6, 6.07) is 21.4. The van der Waals surface area contributed by atoms with E-state index >= 15 is 0 Å². The van der Waals surface area contributed by atoms with Crippen LogP contribution < -0.4 is 0 Å². The van der Waals surface area contributed by atoms with E-state index in [1.54, 1.807) is 0 Å². The molecule has 3 aromatic carbocycles. The lowest BCUT2D eigenvalue weighted by Crippen LogP contribution is -1.75. The van der Waals surface area contributed by atoms with Crippen LogP contribution >= 0.6 is 15.9 Å². The molecule has 0 aliphatic heterocycles. The number of hydrogen-bond donors (Lipinski definition) is 0. The largest absolute Gasteiger partial charge is 0.0928 e. The third kappa shape index (κ3) is 4.57. The lowest BCUT2D eigenvalue weighted by Gasteiger charge is -2.02. The molecule has 0 saturated carbocycles. The number of halogens is 1. The number of benzene rings is 3. The van der Waals surface area contributed by atoms with Crippen LogP contribution in [-0.2, 0) is 0 Å². The predicted octanol–water partition coefficient (Wildman–Crippen LogP) is 6.95. The van der Waals surface area contributed by atoms with Gasteiger partial charge in [-0.3, -0.25) is 0 Å². The molecule has 0 unspecified atom stereocenters. The molecular weight excluding hydrogens is 320 g/mol. The zero-order valence-electron chi connectivity index (χ0n) is 12.7. The van der Waals surface area contributed by atoms with Gasteiger partial charge in [-0.1, -0.05) is 103 Å². The Morgan fingerprint density at radius 2 is 1.19 bits per heavy atom. The molecule has 0 bridgehead atoms. The standard InChI is InChI=1S/C14H10.C6H13Br/c1-3-7-13-11(5-1)9-10-12-6-2-4-8-14(12)13;1-2-3-4-5-6-7/h1-10H;2-6H2,1H3. The Kier molecular flexibility index (Phi) is 6.75. The van der Waals surface area contributed by atoms with E-state index in [9.17, 15) is 0 Å². The second-order valence-corrected chi connectivity index (χ2v) is 6.05. The Morgan fingerprint density at radius 1 is 0.667 bits per heavy atom. The lowest BCUT2D eigenvalue weighted by atomic mass is 10.0. The molecule has 0 heterocycles. The fourth-order valence-corrected chi connectivity index (χ4v) is 2.87. The van der Waals surface area contributed by atoms with E-state index in [0.717, 1.165) is 0 Å². The summed E-state index contributed by atoms with van der Waals surface area (Å²) in [5.41, 5.74) is 0. The van der Waals surface area contributed by atoms with Gasteiger partial charge >= 0.3 is 0 Å². The van der Waals surface area contributed by atoms with Crippen LogP contribution in [0, 0.1) is 0 Å². The SMILES string of the molecule is CCCCCCBr.c1ccc2c(c1)ccc1ccccc12. The minimum absolute atomic E-state index is 1.17. The molecule has 0 spiro atoms. The van der Waals surface area contributed by atoms with Crippen molar-refractivity contribution in [1.29, 1.82) is 0 Å². The van der Waals surface area contributed by atoms with Crippen LogP contribution in [0.2, 0.25) is 0 Å². The molecule has 0 amide bonds. The second kappa shape index (κ2) is 8.84. The van der Waals surface area contributed by atoms with Crippen molar-refractivity contribution in [2.75, 3.05) is 5.33 Å². The quantitative estimate of drug-likeness (QED) is 0.273. The molecule has 0 aromatic heterocycles. The van der Waals surface area contributed by atoms with Crippen LogP contribution in [0.3, 0.4) is 0 Å². The second-order valence-electron chi connectivity index (χ2n) is 5.26. The summed E-state index contributed by atoms with van der Waals surface area (Å²) in [5.74, 6) is 0. The van der Waals surface area contributed by atoms with E-state index in [0.29, 0.717) is 0 Å². The van der Waals surface area contributed by atoms with Crippen LogP contribution in [0.4, 0.5) is 0 Å². The molecule has 0 nitrogen and oxygen atoms in total. The zero-order chi connectivity index (χ0) is 14.9. The molecular formula is C20H23Br. The average Bonchev–Trinajstić information content (AvgIpc) is 2.56. The summed E-state index contributed by atoms with van der Waals surface area (Å²) in [6.07, 6.45) is 5.47. The summed E-state index contributed by atoms with van der Waals surface area (Å²) < 4.78 is 0. The first-order chi connectivity index (χ1) is 10.4. The van der Waals surface area contributed by atoms with Gasteiger partial charge in [-0.25, -0.2) is 0 Å². The molecule has 0 radical (unpaired) electrons. The lowest BCUT2D eigenvalue weighted by molar-refractivity contribution is 0.708. The van der Waals surface area contributed by atoms with Gasteiger partial charge in [-0.2, -0.15) is 0 Å². The van der Waals surface area contributed by atoms with Crippen molar-refractivity contribution in [1.82, 2.24) is 0 Å². The van der Waals surface area contributed by atoms with Crippen LogP contribution in [0.1, 0.15) is 32.6 Å². The maximum absolute atomic E-state index is 3.38. The van der Waals surface area contributed by atoms with E-state index in [1.807, 2.05) is 0 Å². The third-order valence-electron chi connectivity index (χ3n) is 3.64. The van der Waals surface area contributed by atoms with Crippen molar-refractivity contribution < 1.29 is 0 Å². The zero-order valence-corrected chi connectivity index (χ0v) is 14.3. The van der Waals surface area contributed by atoms with Gasteiger partial charge in [0.1, 0.15) is 0 Å². The Morgan fingerprint density at radius 3 is 1.67 bits per heavy atom. The number of fused-ring (bicyclic) bond motifs is 3. The van der Waals surface area contributed by atoms with E-state index in [-0.39, 0.29) is 0 Å². The summed E-state index contributed by atoms with van der Waals surface area (Å²) in [6.45, 7) is 2.23. The Labute approximate surface area is 136 Å². The van der Waals surface area contributed by atoms with Crippen molar-refractivity contribution in [3.63, 3.8) is 0 Å². The van der Waals surface area contributed by atoms with Crippen molar-refractivity contribution >= 4 is 37.5 Å². The van der Waals surface area contributed by atoms with Gasteiger partial charge in [-0.05, 0) is 28.0 Å². The van der Waals surface area contributed by atoms with E-state index in [1.165, 1.54) is 52.6 Å². The fourth-order valence-electron chi connectivity index (χ4n) is 2.48. The van der Waals surface area contributed by atoms with Gasteiger partial charge < -0.3 is 0 Å². The van der Waals surface area contributed by atoms with Crippen molar-refractivity contribution in [3.8, 4) is 0 Å². The summed E-state index contributed by atoms with van der Waals surface area (Å²) in [4.78, 5) is 0. The fraction of sp³-hybridized carbons (Fsp3) is 0.300. The molecule has 0 aliphatic rings. The van der Waals surface area contributed by atoms with Crippen LogP contribution in [0.5, 0.6) is 0 Å². The van der Waals surface area contributed by atoms with Gasteiger partial charge in [0.25, 0.3) is 0 Å². The van der Waals surface area contributed by atoms with Gasteiger partial charge in [-0.15, -0.1) is 0 Å². The van der Waals surface area contributed by atoms with Crippen LogP contribution in [0.15, 0.2) is 60.7 Å². The van der Waals surface area contributed by atoms with E-state index < -0.39 is 0 Å². The molecule has 0 saturated heterocycles. The summed E-state index contributed by atoms with van der Waals surface area (Å²) in [5, 5.41) is 6.47. The van der Waals surface area contributed by atoms with Crippen LogP contribution in [-0.4, -0.2) is 5.33 Å². The first-order valence-corrected chi connectivity index (χ1v) is 8.91. The van der Waals surface area contributed by atoms with Crippen molar-refractivity contribution in [3.05, 3.63) is 60.7 Å². The topological polar surface area (TPSA) is 0 Å². The minimum atomic E-state index is 1.17. The number of unbranched alkanes of at least 4 members (excludes halogenated alkanes) is 3.